The van der Waals surface area contributed by atoms with Crippen LogP contribution in [0.2, 0.25) is 5.02 Å². The maximum Gasteiger partial charge on any atom is 0.134 e. The van der Waals surface area contributed by atoms with E-state index in [0.717, 1.165) is 59.8 Å². The summed E-state index contributed by atoms with van der Waals surface area (Å²) < 4.78 is 4.54. The van der Waals surface area contributed by atoms with Gasteiger partial charge in [0.15, 0.2) is 0 Å². The number of benzene rings is 1. The zero-order valence-electron chi connectivity index (χ0n) is 18.1. The molecule has 1 aliphatic heterocycles. The van der Waals surface area contributed by atoms with Gasteiger partial charge in [-0.3, -0.25) is 4.99 Å². The molecular formula is C22H33ClN4OS. The highest BCUT2D eigenvalue weighted by Crippen LogP contribution is 2.35. The molecule has 0 bridgehead atoms. The molecule has 0 saturated carbocycles. The van der Waals surface area contributed by atoms with Gasteiger partial charge in [0, 0.05) is 42.4 Å². The molecule has 0 fully saturated rings. The first-order valence-corrected chi connectivity index (χ1v) is 11.3. The van der Waals surface area contributed by atoms with Gasteiger partial charge in [-0.05, 0) is 70.6 Å². The van der Waals surface area contributed by atoms with Crippen molar-refractivity contribution in [3.8, 4) is 0 Å². The van der Waals surface area contributed by atoms with Crippen LogP contribution in [-0.2, 0) is 11.3 Å². The van der Waals surface area contributed by atoms with Gasteiger partial charge in [-0.15, -0.1) is 11.3 Å². The van der Waals surface area contributed by atoms with Crippen LogP contribution >= 0.6 is 22.9 Å². The van der Waals surface area contributed by atoms with Gasteiger partial charge in [-0.25, -0.2) is 0 Å². The number of aliphatic imine (C=N–C) groups is 1. The monoisotopic (exact) mass is 436 g/mol. The lowest BCUT2D eigenvalue weighted by molar-refractivity contribution is 0.215. The highest BCUT2D eigenvalue weighted by molar-refractivity contribution is 7.16. The summed E-state index contributed by atoms with van der Waals surface area (Å²) in [6.07, 6.45) is 1.09. The molecule has 1 aromatic heterocycles. The fraction of sp³-hybridized carbons (Fsp3) is 0.500. The third-order valence-electron chi connectivity index (χ3n) is 4.64. The first-order valence-electron chi connectivity index (χ1n) is 10.1. The number of hydrogen-bond donors (Lipinski definition) is 2. The van der Waals surface area contributed by atoms with E-state index in [9.17, 15) is 0 Å². The van der Waals surface area contributed by atoms with Crippen molar-refractivity contribution in [3.05, 3.63) is 45.3 Å². The van der Waals surface area contributed by atoms with Gasteiger partial charge in [0.1, 0.15) is 10.8 Å². The number of rotatable bonds is 6. The van der Waals surface area contributed by atoms with Crippen molar-refractivity contribution >= 4 is 39.5 Å². The molecule has 0 saturated heterocycles. The number of amidine groups is 1. The van der Waals surface area contributed by atoms with E-state index in [0.29, 0.717) is 6.54 Å². The molecule has 29 heavy (non-hydrogen) atoms. The van der Waals surface area contributed by atoms with E-state index in [-0.39, 0.29) is 0 Å². The summed E-state index contributed by atoms with van der Waals surface area (Å²) in [6, 6.07) is 8.22. The minimum absolute atomic E-state index is 0.634. The third kappa shape index (κ3) is 6.71. The summed E-state index contributed by atoms with van der Waals surface area (Å²) in [6.45, 7) is 10.7. The zero-order chi connectivity index (χ0) is 21.2. The molecule has 0 spiro atoms. The summed E-state index contributed by atoms with van der Waals surface area (Å²) in [5, 5.41) is 8.74. The Morgan fingerprint density at radius 2 is 2.07 bits per heavy atom. The molecule has 1 aromatic carbocycles. The Morgan fingerprint density at radius 3 is 2.72 bits per heavy atom. The van der Waals surface area contributed by atoms with Crippen LogP contribution in [0.4, 0.5) is 10.7 Å². The maximum absolute atomic E-state index is 6.19. The second-order valence-corrected chi connectivity index (χ2v) is 8.47. The Hall–Kier alpha value is -1.60. The first kappa shape index (κ1) is 23.7. The minimum Gasteiger partial charge on any atom is -0.385 e. The summed E-state index contributed by atoms with van der Waals surface area (Å²) in [4.78, 5) is 8.66. The number of methoxy groups -OCH3 is 1. The largest absolute Gasteiger partial charge is 0.385 e. The maximum atomic E-state index is 6.19. The Bertz CT molecular complexity index is 804. The van der Waals surface area contributed by atoms with Crippen molar-refractivity contribution in [1.29, 1.82) is 0 Å². The number of hydrogen-bond acceptors (Lipinski definition) is 6. The van der Waals surface area contributed by atoms with E-state index < -0.39 is 0 Å². The molecule has 0 radical (unpaired) electrons. The van der Waals surface area contributed by atoms with Crippen LogP contribution in [0.1, 0.15) is 36.3 Å². The molecule has 2 heterocycles. The van der Waals surface area contributed by atoms with E-state index >= 15 is 0 Å². The van der Waals surface area contributed by atoms with Gasteiger partial charge < -0.3 is 20.3 Å². The Morgan fingerprint density at radius 1 is 1.31 bits per heavy atom. The Labute approximate surface area is 184 Å². The van der Waals surface area contributed by atoms with E-state index in [4.69, 9.17) is 16.6 Å². The van der Waals surface area contributed by atoms with Crippen LogP contribution in [0.3, 0.4) is 0 Å². The van der Waals surface area contributed by atoms with Crippen molar-refractivity contribution in [1.82, 2.24) is 10.2 Å². The van der Waals surface area contributed by atoms with Crippen LogP contribution in [0.25, 0.3) is 0 Å². The summed E-state index contributed by atoms with van der Waals surface area (Å²) >= 11 is 7.97. The van der Waals surface area contributed by atoms with Gasteiger partial charge in [-0.1, -0.05) is 11.6 Å². The van der Waals surface area contributed by atoms with Crippen LogP contribution in [0.15, 0.2) is 29.3 Å². The standard InChI is InChI=1S/C19H25ClN4S.C3H8O/c1-4-24(9-5-8-21-3)18-16-10-13(2)25-19(16)23-17-7-6-15(20)11-14(17)12-22-18;1-3-4-2/h6-7,10-11,21,23H,4-5,8-9,12H2,1-3H3;3H2,1-2H3. The molecule has 2 N–H and O–H groups in total. The van der Waals surface area contributed by atoms with Gasteiger partial charge in [-0.2, -0.15) is 0 Å². The molecule has 0 unspecified atom stereocenters. The highest BCUT2D eigenvalue weighted by Gasteiger charge is 2.21. The molecule has 0 aliphatic carbocycles. The average molecular weight is 437 g/mol. The predicted octanol–water partition coefficient (Wildman–Crippen LogP) is 5.30. The lowest BCUT2D eigenvalue weighted by Crippen LogP contribution is -2.34. The third-order valence-corrected chi connectivity index (χ3v) is 5.84. The summed E-state index contributed by atoms with van der Waals surface area (Å²) in [5.74, 6) is 1.08. The topological polar surface area (TPSA) is 48.9 Å². The van der Waals surface area contributed by atoms with Crippen molar-refractivity contribution in [2.75, 3.05) is 45.7 Å². The SMILES string of the molecule is CCN(CCCNC)C1=NCc2cc(Cl)ccc2Nc2sc(C)cc21.CCOC. The second-order valence-electron chi connectivity index (χ2n) is 6.78. The number of thiophene rings is 1. The molecule has 0 amide bonds. The highest BCUT2D eigenvalue weighted by atomic mass is 35.5. The van der Waals surface area contributed by atoms with Crippen molar-refractivity contribution in [2.45, 2.75) is 33.7 Å². The number of nitrogens with one attached hydrogen (secondary N) is 2. The predicted molar refractivity (Wildman–Crippen MR) is 127 cm³/mol. The fourth-order valence-corrected chi connectivity index (χ4v) is 4.20. The normalized spacial score (nSPS) is 12.4. The molecule has 7 heteroatoms. The zero-order valence-corrected chi connectivity index (χ0v) is 19.7. The number of halogens is 1. The molecular weight excluding hydrogens is 404 g/mol. The average Bonchev–Trinajstić information content (AvgIpc) is 3.07. The van der Waals surface area contributed by atoms with E-state index in [1.54, 1.807) is 18.4 Å². The Balaban J connectivity index is 0.000000687. The summed E-state index contributed by atoms with van der Waals surface area (Å²) in [5.41, 5.74) is 3.43. The molecule has 2 aromatic rings. The molecule has 1 aliphatic rings. The Kier molecular flexibility index (Phi) is 9.94. The van der Waals surface area contributed by atoms with Crippen molar-refractivity contribution < 1.29 is 4.74 Å². The number of nitrogens with zero attached hydrogens (tertiary/aromatic N) is 2. The fourth-order valence-electron chi connectivity index (χ4n) is 3.09. The second kappa shape index (κ2) is 12.2. The number of aryl methyl sites for hydroxylation is 1. The lowest BCUT2D eigenvalue weighted by Gasteiger charge is -2.27. The van der Waals surface area contributed by atoms with E-state index in [1.165, 1.54) is 10.4 Å². The lowest BCUT2D eigenvalue weighted by atomic mass is 10.1. The first-order chi connectivity index (χ1) is 14.0. The van der Waals surface area contributed by atoms with Crippen LogP contribution in [0.5, 0.6) is 0 Å². The van der Waals surface area contributed by atoms with Crippen LogP contribution in [-0.4, -0.2) is 51.1 Å². The van der Waals surface area contributed by atoms with Gasteiger partial charge in [0.05, 0.1) is 12.1 Å². The van der Waals surface area contributed by atoms with Crippen molar-refractivity contribution in [3.63, 3.8) is 0 Å². The molecule has 160 valence electrons. The molecule has 3 rings (SSSR count). The minimum atomic E-state index is 0.634. The number of anilines is 2. The van der Waals surface area contributed by atoms with E-state index in [2.05, 4.69) is 40.2 Å². The number of fused-ring (bicyclic) bond motifs is 2. The van der Waals surface area contributed by atoms with Gasteiger partial charge >= 0.3 is 0 Å². The van der Waals surface area contributed by atoms with Gasteiger partial charge in [0.2, 0.25) is 0 Å². The van der Waals surface area contributed by atoms with Crippen LogP contribution in [0, 0.1) is 6.92 Å². The van der Waals surface area contributed by atoms with Crippen molar-refractivity contribution in [2.24, 2.45) is 4.99 Å². The molecule has 5 nitrogen and oxygen atoms in total. The summed E-state index contributed by atoms with van der Waals surface area (Å²) in [7, 11) is 3.68. The molecule has 0 atom stereocenters. The quantitative estimate of drug-likeness (QED) is 0.603. The smallest absolute Gasteiger partial charge is 0.134 e. The van der Waals surface area contributed by atoms with Gasteiger partial charge in [0.25, 0.3) is 0 Å². The van der Waals surface area contributed by atoms with Crippen LogP contribution < -0.4 is 10.6 Å². The van der Waals surface area contributed by atoms with E-state index in [1.807, 2.05) is 32.2 Å². The number of ether oxygens (including phenoxy) is 1.